The highest BCUT2D eigenvalue weighted by Gasteiger charge is 2.08. The summed E-state index contributed by atoms with van der Waals surface area (Å²) in [5.74, 6) is -0.0363. The Morgan fingerprint density at radius 1 is 1.21 bits per heavy atom. The van der Waals surface area contributed by atoms with Crippen LogP contribution in [0.5, 0.6) is 11.5 Å². The fourth-order valence-electron chi connectivity index (χ4n) is 1.82. The van der Waals surface area contributed by atoms with E-state index in [1.807, 2.05) is 0 Å². The first kappa shape index (κ1) is 18.0. The maximum Gasteiger partial charge on any atom is 0.407 e. The summed E-state index contributed by atoms with van der Waals surface area (Å²) in [7, 11) is 0. The first-order chi connectivity index (χ1) is 11.6. The molecule has 0 aliphatic heterocycles. The molecule has 128 valence electrons. The monoisotopic (exact) mass is 353 g/mol. The molecule has 0 saturated carbocycles. The minimum Gasteiger partial charge on any atom is -0.454 e. The number of carbonyl (C=O) groups excluding carboxylic acids is 1. The van der Waals surface area contributed by atoms with Gasteiger partial charge < -0.3 is 19.9 Å². The van der Waals surface area contributed by atoms with E-state index < -0.39 is 11.9 Å². The van der Waals surface area contributed by atoms with E-state index in [4.69, 9.17) is 26.2 Å². The summed E-state index contributed by atoms with van der Waals surface area (Å²) in [6, 6.07) is 10.9. The van der Waals surface area contributed by atoms with Crippen LogP contribution in [0.4, 0.5) is 9.18 Å². The number of halogens is 2. The summed E-state index contributed by atoms with van der Waals surface area (Å²) < 4.78 is 24.4. The van der Waals surface area contributed by atoms with Crippen LogP contribution in [-0.2, 0) is 11.3 Å². The number of aliphatic hydroxyl groups excluding tert-OH is 1. The third-order valence-electron chi connectivity index (χ3n) is 3.01. The molecule has 0 spiro atoms. The molecule has 5 nitrogen and oxygen atoms in total. The molecule has 2 N–H and O–H groups in total. The predicted molar refractivity (Wildman–Crippen MR) is 87.8 cm³/mol. The number of ether oxygens (including phenoxy) is 2. The quantitative estimate of drug-likeness (QED) is 0.741. The Labute approximate surface area is 144 Å². The molecular weight excluding hydrogens is 337 g/mol. The van der Waals surface area contributed by atoms with Crippen molar-refractivity contribution in [2.45, 2.75) is 13.0 Å². The Morgan fingerprint density at radius 2 is 1.96 bits per heavy atom. The molecular formula is C17H17ClFNO4. The van der Waals surface area contributed by atoms with Gasteiger partial charge in [-0.25, -0.2) is 9.18 Å². The van der Waals surface area contributed by atoms with E-state index >= 15 is 0 Å². The van der Waals surface area contributed by atoms with E-state index in [9.17, 15) is 9.18 Å². The van der Waals surface area contributed by atoms with E-state index in [1.165, 1.54) is 12.1 Å². The minimum atomic E-state index is -0.620. The Kier molecular flexibility index (Phi) is 6.84. The zero-order valence-electron chi connectivity index (χ0n) is 12.8. The normalized spacial score (nSPS) is 10.3. The number of rotatable bonds is 7. The molecule has 7 heteroatoms. The van der Waals surface area contributed by atoms with Crippen molar-refractivity contribution in [3.8, 4) is 11.5 Å². The van der Waals surface area contributed by atoms with Crippen LogP contribution in [0.3, 0.4) is 0 Å². The van der Waals surface area contributed by atoms with Crippen LogP contribution in [0.1, 0.15) is 12.0 Å². The highest BCUT2D eigenvalue weighted by Crippen LogP contribution is 2.26. The maximum absolute atomic E-state index is 14.1. The van der Waals surface area contributed by atoms with Crippen LogP contribution < -0.4 is 10.1 Å². The zero-order valence-corrected chi connectivity index (χ0v) is 13.6. The number of benzene rings is 2. The molecule has 24 heavy (non-hydrogen) atoms. The molecule has 0 bridgehead atoms. The van der Waals surface area contributed by atoms with Gasteiger partial charge in [0, 0.05) is 18.2 Å². The van der Waals surface area contributed by atoms with Crippen LogP contribution >= 0.6 is 11.6 Å². The van der Waals surface area contributed by atoms with E-state index in [2.05, 4.69) is 5.32 Å². The molecule has 0 saturated heterocycles. The summed E-state index contributed by atoms with van der Waals surface area (Å²) in [4.78, 5) is 11.4. The van der Waals surface area contributed by atoms with Gasteiger partial charge in [0.2, 0.25) is 0 Å². The van der Waals surface area contributed by atoms with Gasteiger partial charge in [-0.2, -0.15) is 0 Å². The summed E-state index contributed by atoms with van der Waals surface area (Å²) in [5.41, 5.74) is 0.494. The van der Waals surface area contributed by atoms with Gasteiger partial charge in [0.15, 0.2) is 11.6 Å². The van der Waals surface area contributed by atoms with E-state index in [0.29, 0.717) is 29.3 Å². The van der Waals surface area contributed by atoms with Gasteiger partial charge >= 0.3 is 6.09 Å². The van der Waals surface area contributed by atoms with Gasteiger partial charge in [-0.3, -0.25) is 0 Å². The summed E-state index contributed by atoms with van der Waals surface area (Å²) >= 11 is 5.78. The SMILES string of the molecule is O=C(NCCCO)OCc1ccc(Oc2ccc(Cl)cc2)c(F)c1. The third kappa shape index (κ3) is 5.72. The van der Waals surface area contributed by atoms with Gasteiger partial charge in [0.1, 0.15) is 12.4 Å². The molecule has 2 aromatic carbocycles. The number of alkyl carbamates (subject to hydrolysis) is 1. The molecule has 0 fully saturated rings. The van der Waals surface area contributed by atoms with E-state index in [1.54, 1.807) is 30.3 Å². The maximum atomic E-state index is 14.1. The fourth-order valence-corrected chi connectivity index (χ4v) is 1.94. The second kappa shape index (κ2) is 9.10. The minimum absolute atomic E-state index is 0.0133. The van der Waals surface area contributed by atoms with E-state index in [-0.39, 0.29) is 19.0 Å². The second-order valence-electron chi connectivity index (χ2n) is 4.90. The summed E-state index contributed by atoms with van der Waals surface area (Å²) in [5, 5.41) is 11.6. The number of nitrogens with one attached hydrogen (secondary N) is 1. The number of hydrogen-bond acceptors (Lipinski definition) is 4. The number of hydrogen-bond donors (Lipinski definition) is 2. The highest BCUT2D eigenvalue weighted by molar-refractivity contribution is 6.30. The summed E-state index contributed by atoms with van der Waals surface area (Å²) in [6.45, 7) is 0.237. The van der Waals surface area contributed by atoms with Gasteiger partial charge in [0.05, 0.1) is 0 Å². The van der Waals surface area contributed by atoms with Crippen molar-refractivity contribution >= 4 is 17.7 Å². The molecule has 0 aromatic heterocycles. The number of carbonyl (C=O) groups is 1. The predicted octanol–water partition coefficient (Wildman–Crippen LogP) is 3.88. The van der Waals surface area contributed by atoms with Crippen molar-refractivity contribution < 1.29 is 23.8 Å². The van der Waals surface area contributed by atoms with Crippen molar-refractivity contribution in [3.05, 3.63) is 58.9 Å². The molecule has 1 amide bonds. The van der Waals surface area contributed by atoms with Gasteiger partial charge in [-0.1, -0.05) is 17.7 Å². The first-order valence-corrected chi connectivity index (χ1v) is 7.69. The van der Waals surface area contributed by atoms with Gasteiger partial charge in [0.25, 0.3) is 0 Å². The van der Waals surface area contributed by atoms with Gasteiger partial charge in [-0.15, -0.1) is 0 Å². The lowest BCUT2D eigenvalue weighted by molar-refractivity contribution is 0.138. The largest absolute Gasteiger partial charge is 0.454 e. The molecule has 0 atom stereocenters. The average molecular weight is 354 g/mol. The Bertz CT molecular complexity index is 679. The van der Waals surface area contributed by atoms with E-state index in [0.717, 1.165) is 0 Å². The molecule has 0 heterocycles. The first-order valence-electron chi connectivity index (χ1n) is 7.32. The molecule has 0 unspecified atom stereocenters. The van der Waals surface area contributed by atoms with Crippen LogP contribution in [0.2, 0.25) is 5.02 Å². The summed E-state index contributed by atoms with van der Waals surface area (Å²) in [6.07, 6.45) is -0.175. The van der Waals surface area contributed by atoms with Crippen molar-refractivity contribution in [2.24, 2.45) is 0 Å². The lowest BCUT2D eigenvalue weighted by Gasteiger charge is -2.09. The number of aliphatic hydroxyl groups is 1. The van der Waals surface area contributed by atoms with Crippen LogP contribution in [-0.4, -0.2) is 24.4 Å². The zero-order chi connectivity index (χ0) is 17.4. The van der Waals surface area contributed by atoms with Gasteiger partial charge in [-0.05, 0) is 48.4 Å². The third-order valence-corrected chi connectivity index (χ3v) is 3.26. The van der Waals surface area contributed by atoms with Crippen molar-refractivity contribution in [1.82, 2.24) is 5.32 Å². The Morgan fingerprint density at radius 3 is 2.62 bits per heavy atom. The lowest BCUT2D eigenvalue weighted by Crippen LogP contribution is -2.25. The fraction of sp³-hybridized carbons (Fsp3) is 0.235. The van der Waals surface area contributed by atoms with Crippen LogP contribution in [0.15, 0.2) is 42.5 Å². The topological polar surface area (TPSA) is 67.8 Å². The molecule has 2 aromatic rings. The smallest absolute Gasteiger partial charge is 0.407 e. The molecule has 0 aliphatic carbocycles. The van der Waals surface area contributed by atoms with Crippen LogP contribution in [0.25, 0.3) is 0 Å². The average Bonchev–Trinajstić information content (AvgIpc) is 2.57. The Balaban J connectivity index is 1.89. The molecule has 0 radical (unpaired) electrons. The second-order valence-corrected chi connectivity index (χ2v) is 5.34. The van der Waals surface area contributed by atoms with Crippen LogP contribution in [0, 0.1) is 5.82 Å². The highest BCUT2D eigenvalue weighted by atomic mass is 35.5. The molecule has 0 aliphatic rings. The van der Waals surface area contributed by atoms with Crippen molar-refractivity contribution in [3.63, 3.8) is 0 Å². The van der Waals surface area contributed by atoms with Crippen molar-refractivity contribution in [1.29, 1.82) is 0 Å². The molecule has 2 rings (SSSR count). The number of amides is 1. The Hall–Kier alpha value is -2.31. The standard InChI is InChI=1S/C17H17ClFNO4/c18-13-3-5-14(6-4-13)24-16-7-2-12(10-15(16)19)11-23-17(22)20-8-1-9-21/h2-7,10,21H,1,8-9,11H2,(H,20,22). The lowest BCUT2D eigenvalue weighted by atomic mass is 10.2. The van der Waals surface area contributed by atoms with Crippen molar-refractivity contribution in [2.75, 3.05) is 13.2 Å².